The van der Waals surface area contributed by atoms with E-state index in [-0.39, 0.29) is 11.5 Å². The fraction of sp³-hybridized carbons (Fsp3) is 0.444. The summed E-state index contributed by atoms with van der Waals surface area (Å²) < 4.78 is 22.9. The summed E-state index contributed by atoms with van der Waals surface area (Å²) in [5.74, 6) is -1.60. The number of hydrazine groups is 1. The molecule has 1 aliphatic carbocycles. The maximum absolute atomic E-state index is 12.4. The van der Waals surface area contributed by atoms with Crippen molar-refractivity contribution in [1.82, 2.24) is 15.8 Å². The van der Waals surface area contributed by atoms with Crippen LogP contribution < -0.4 is 10.9 Å². The van der Waals surface area contributed by atoms with Gasteiger partial charge in [0.2, 0.25) is 5.91 Å². The summed E-state index contributed by atoms with van der Waals surface area (Å²) in [5.41, 5.74) is 8.76. The Bertz CT molecular complexity index is 993. The van der Waals surface area contributed by atoms with Crippen LogP contribution in [0, 0.1) is 5.92 Å². The quantitative estimate of drug-likeness (QED) is 0.686. The number of aromatic nitrogens is 1. The van der Waals surface area contributed by atoms with E-state index < -0.39 is 27.6 Å². The van der Waals surface area contributed by atoms with Gasteiger partial charge in [-0.1, -0.05) is 0 Å². The Morgan fingerprint density at radius 2 is 1.92 bits per heavy atom. The van der Waals surface area contributed by atoms with Gasteiger partial charge in [-0.25, -0.2) is 8.42 Å². The van der Waals surface area contributed by atoms with Gasteiger partial charge < -0.3 is 4.98 Å². The highest BCUT2D eigenvalue weighted by atomic mass is 32.2. The van der Waals surface area contributed by atoms with Crippen LogP contribution in [0.5, 0.6) is 0 Å². The maximum Gasteiger partial charge on any atom is 0.269 e. The van der Waals surface area contributed by atoms with Gasteiger partial charge in [-0.3, -0.25) is 20.4 Å². The fourth-order valence-corrected chi connectivity index (χ4v) is 5.58. The molecule has 1 saturated heterocycles. The Morgan fingerprint density at radius 1 is 1.12 bits per heavy atom. The van der Waals surface area contributed by atoms with Crippen molar-refractivity contribution >= 4 is 32.6 Å². The van der Waals surface area contributed by atoms with E-state index >= 15 is 0 Å². The molecular formula is C18H21N3O4S. The highest BCUT2D eigenvalue weighted by molar-refractivity contribution is 7.91. The Kier molecular flexibility index (Phi) is 4.22. The molecule has 0 spiro atoms. The van der Waals surface area contributed by atoms with E-state index in [0.717, 1.165) is 30.2 Å². The van der Waals surface area contributed by atoms with Crippen LogP contribution in [-0.2, 0) is 27.5 Å². The number of fused-ring (bicyclic) bond motifs is 3. The van der Waals surface area contributed by atoms with Crippen molar-refractivity contribution in [2.75, 3.05) is 11.5 Å². The van der Waals surface area contributed by atoms with Crippen molar-refractivity contribution in [2.24, 2.45) is 5.92 Å². The van der Waals surface area contributed by atoms with Gasteiger partial charge in [0, 0.05) is 22.2 Å². The standard InChI is InChI=1S/C18H21N3O4S/c22-17(20-21-18(23)12-7-8-26(24,25)10-12)11-5-6-16-14(9-11)13-3-1-2-4-15(13)19-16/h5-6,9,12,19H,1-4,7-8,10H2,(H,20,22)(H,21,23)/t12-/m1/s1. The van der Waals surface area contributed by atoms with Gasteiger partial charge in [0.05, 0.1) is 17.4 Å². The van der Waals surface area contributed by atoms with Crippen LogP contribution in [-0.4, -0.2) is 36.7 Å². The second-order valence-electron chi connectivity index (χ2n) is 7.09. The van der Waals surface area contributed by atoms with E-state index in [1.165, 1.54) is 17.7 Å². The lowest BCUT2D eigenvalue weighted by Crippen LogP contribution is -2.44. The molecule has 0 bridgehead atoms. The van der Waals surface area contributed by atoms with Gasteiger partial charge in [-0.2, -0.15) is 0 Å². The normalized spacial score (nSPS) is 21.3. The second kappa shape index (κ2) is 6.42. The summed E-state index contributed by atoms with van der Waals surface area (Å²) in [6, 6.07) is 5.44. The van der Waals surface area contributed by atoms with Crippen LogP contribution in [0.3, 0.4) is 0 Å². The Morgan fingerprint density at radius 3 is 2.69 bits per heavy atom. The van der Waals surface area contributed by atoms with Crippen LogP contribution in [0.25, 0.3) is 10.9 Å². The number of H-pyrrole nitrogens is 1. The lowest BCUT2D eigenvalue weighted by molar-refractivity contribution is -0.125. The summed E-state index contributed by atoms with van der Waals surface area (Å²) in [4.78, 5) is 27.8. The van der Waals surface area contributed by atoms with E-state index in [4.69, 9.17) is 0 Å². The molecule has 3 N–H and O–H groups in total. The lowest BCUT2D eigenvalue weighted by Gasteiger charge is -2.12. The number of carbonyl (C=O) groups excluding carboxylic acids is 2. The number of hydrogen-bond donors (Lipinski definition) is 3. The molecule has 1 atom stereocenters. The first-order chi connectivity index (χ1) is 12.4. The molecule has 0 radical (unpaired) electrons. The average Bonchev–Trinajstić information content (AvgIpc) is 3.18. The van der Waals surface area contributed by atoms with Crippen molar-refractivity contribution < 1.29 is 18.0 Å². The van der Waals surface area contributed by atoms with Crippen molar-refractivity contribution in [2.45, 2.75) is 32.1 Å². The molecule has 2 aromatic rings. The number of rotatable bonds is 2. The van der Waals surface area contributed by atoms with E-state index in [1.807, 2.05) is 12.1 Å². The molecule has 2 heterocycles. The molecule has 2 amide bonds. The van der Waals surface area contributed by atoms with Crippen molar-refractivity contribution in [1.29, 1.82) is 0 Å². The molecule has 7 nitrogen and oxygen atoms in total. The maximum atomic E-state index is 12.4. The number of aromatic amines is 1. The Hall–Kier alpha value is -2.35. The smallest absolute Gasteiger partial charge is 0.269 e. The highest BCUT2D eigenvalue weighted by Crippen LogP contribution is 2.29. The number of nitrogens with one attached hydrogen (secondary N) is 3. The zero-order valence-electron chi connectivity index (χ0n) is 14.3. The molecule has 138 valence electrons. The molecule has 4 rings (SSSR count). The second-order valence-corrected chi connectivity index (χ2v) is 9.32. The van der Waals surface area contributed by atoms with Crippen LogP contribution in [0.2, 0.25) is 0 Å². The molecular weight excluding hydrogens is 354 g/mol. The molecule has 1 fully saturated rings. The number of amides is 2. The van der Waals surface area contributed by atoms with Crippen molar-refractivity contribution in [3.63, 3.8) is 0 Å². The van der Waals surface area contributed by atoms with Crippen LogP contribution in [0.15, 0.2) is 18.2 Å². The molecule has 0 saturated carbocycles. The minimum Gasteiger partial charge on any atom is -0.358 e. The van der Waals surface area contributed by atoms with Gasteiger partial charge in [0.15, 0.2) is 9.84 Å². The van der Waals surface area contributed by atoms with Crippen molar-refractivity contribution in [3.05, 3.63) is 35.0 Å². The summed E-state index contributed by atoms with van der Waals surface area (Å²) in [6.07, 6.45) is 4.66. The number of sulfone groups is 1. The van der Waals surface area contributed by atoms with Crippen LogP contribution >= 0.6 is 0 Å². The fourth-order valence-electron chi connectivity index (χ4n) is 3.84. The van der Waals surface area contributed by atoms with Gasteiger partial charge in [0.1, 0.15) is 0 Å². The molecule has 1 aliphatic heterocycles. The van der Waals surface area contributed by atoms with E-state index in [2.05, 4.69) is 15.8 Å². The van der Waals surface area contributed by atoms with Crippen molar-refractivity contribution in [3.8, 4) is 0 Å². The van der Waals surface area contributed by atoms with Crippen LogP contribution in [0.1, 0.15) is 40.9 Å². The third-order valence-corrected chi connectivity index (χ3v) is 7.03. The zero-order valence-corrected chi connectivity index (χ0v) is 15.1. The molecule has 2 aliphatic rings. The first kappa shape index (κ1) is 17.1. The van der Waals surface area contributed by atoms with E-state index in [1.54, 1.807) is 6.07 Å². The first-order valence-electron chi connectivity index (χ1n) is 8.87. The zero-order chi connectivity index (χ0) is 18.3. The topological polar surface area (TPSA) is 108 Å². The average molecular weight is 375 g/mol. The van der Waals surface area contributed by atoms with E-state index in [0.29, 0.717) is 12.0 Å². The lowest BCUT2D eigenvalue weighted by atomic mass is 9.95. The molecule has 1 aromatic carbocycles. The van der Waals surface area contributed by atoms with E-state index in [9.17, 15) is 18.0 Å². The van der Waals surface area contributed by atoms with Gasteiger partial charge >= 0.3 is 0 Å². The summed E-state index contributed by atoms with van der Waals surface area (Å²) >= 11 is 0. The molecule has 26 heavy (non-hydrogen) atoms. The number of carbonyl (C=O) groups is 2. The molecule has 8 heteroatoms. The molecule has 0 unspecified atom stereocenters. The van der Waals surface area contributed by atoms with Gasteiger partial charge in [-0.15, -0.1) is 0 Å². The summed E-state index contributed by atoms with van der Waals surface area (Å²) in [6.45, 7) is 0. The minimum absolute atomic E-state index is 0.0221. The third-order valence-electron chi connectivity index (χ3n) is 5.26. The largest absolute Gasteiger partial charge is 0.358 e. The number of aryl methyl sites for hydroxylation is 2. The predicted molar refractivity (Wildman–Crippen MR) is 97.3 cm³/mol. The summed E-state index contributed by atoms with van der Waals surface area (Å²) in [7, 11) is -3.13. The predicted octanol–water partition coefficient (Wildman–Crippen LogP) is 1.24. The summed E-state index contributed by atoms with van der Waals surface area (Å²) in [5, 5.41) is 1.06. The van der Waals surface area contributed by atoms with Gasteiger partial charge in [0.25, 0.3) is 5.91 Å². The highest BCUT2D eigenvalue weighted by Gasteiger charge is 2.33. The van der Waals surface area contributed by atoms with Gasteiger partial charge in [-0.05, 0) is 55.9 Å². The first-order valence-corrected chi connectivity index (χ1v) is 10.7. The van der Waals surface area contributed by atoms with Crippen LogP contribution in [0.4, 0.5) is 0 Å². The third kappa shape index (κ3) is 3.21. The number of hydrogen-bond acceptors (Lipinski definition) is 4. The number of benzene rings is 1. The minimum atomic E-state index is -3.13. The Balaban J connectivity index is 1.45. The molecule has 1 aromatic heterocycles. The SMILES string of the molecule is O=C(NNC(=O)[C@@H]1CCS(=O)(=O)C1)c1ccc2[nH]c3c(c2c1)CCCC3. The Labute approximate surface area is 151 Å². The monoisotopic (exact) mass is 375 g/mol.